The summed E-state index contributed by atoms with van der Waals surface area (Å²) >= 11 is 0. The zero-order valence-electron chi connectivity index (χ0n) is 9.14. The van der Waals surface area contributed by atoms with Gasteiger partial charge in [-0.25, -0.2) is 0 Å². The second-order valence-electron chi connectivity index (χ2n) is 3.49. The summed E-state index contributed by atoms with van der Waals surface area (Å²) in [5.41, 5.74) is 1.11. The number of hydrogen-bond donors (Lipinski definition) is 1. The molecule has 0 fully saturated rings. The Bertz CT molecular complexity index is 620. The molecule has 1 radical (unpaired) electrons. The zero-order chi connectivity index (χ0) is 11.1. The molecule has 0 spiro atoms. The van der Waals surface area contributed by atoms with Gasteiger partial charge in [0.1, 0.15) is 0 Å². The zero-order valence-corrected chi connectivity index (χ0v) is 12.0. The molecule has 79 valence electrons. The number of benzene rings is 2. The Kier molecular flexibility index (Phi) is 4.15. The van der Waals surface area contributed by atoms with Crippen molar-refractivity contribution in [3.63, 3.8) is 0 Å². The fourth-order valence-corrected chi connectivity index (χ4v) is 2.02. The molecule has 0 saturated heterocycles. The minimum Gasteiger partial charge on any atom is -0.282 e. The van der Waals surface area contributed by atoms with Gasteiger partial charge in [0, 0.05) is 29.6 Å². The molecule has 2 rings (SSSR count). The predicted molar refractivity (Wildman–Crippen MR) is 64.3 cm³/mol. The summed E-state index contributed by atoms with van der Waals surface area (Å²) in [4.78, 5) is -0.0705. The molecule has 3 nitrogen and oxygen atoms in total. The Balaban J connectivity index is 0.00000128. The Morgan fingerprint density at radius 3 is 2.19 bits per heavy atom. The van der Waals surface area contributed by atoms with E-state index in [4.69, 9.17) is 4.55 Å². The summed E-state index contributed by atoms with van der Waals surface area (Å²) in [7, 11) is -4.10. The van der Waals surface area contributed by atoms with Gasteiger partial charge in [-0.05, 0) is 29.8 Å². The SMILES string of the molecule is Cc1ccc2cc(S(=O)(=O)O)ccc2c1.[Na]. The maximum atomic E-state index is 10.9. The van der Waals surface area contributed by atoms with Crippen LogP contribution in [-0.2, 0) is 10.1 Å². The topological polar surface area (TPSA) is 54.4 Å². The second kappa shape index (κ2) is 4.85. The van der Waals surface area contributed by atoms with Crippen LogP contribution in [0.1, 0.15) is 5.56 Å². The molecule has 0 aliphatic rings. The first-order valence-electron chi connectivity index (χ1n) is 4.45. The van der Waals surface area contributed by atoms with Crippen LogP contribution in [0.15, 0.2) is 41.3 Å². The molecular formula is C11H10NaO3S. The summed E-state index contributed by atoms with van der Waals surface area (Å²) in [6.07, 6.45) is 0. The maximum absolute atomic E-state index is 10.9. The van der Waals surface area contributed by atoms with Crippen molar-refractivity contribution in [3.8, 4) is 0 Å². The normalized spacial score (nSPS) is 11.1. The fourth-order valence-electron chi connectivity index (χ4n) is 1.50. The Morgan fingerprint density at radius 2 is 1.56 bits per heavy atom. The van der Waals surface area contributed by atoms with Crippen molar-refractivity contribution in [1.29, 1.82) is 0 Å². The molecule has 5 heteroatoms. The first-order valence-corrected chi connectivity index (χ1v) is 5.89. The summed E-state index contributed by atoms with van der Waals surface area (Å²) in [5.74, 6) is 0. The van der Waals surface area contributed by atoms with Crippen LogP contribution >= 0.6 is 0 Å². The van der Waals surface area contributed by atoms with Crippen LogP contribution in [-0.4, -0.2) is 42.5 Å². The monoisotopic (exact) mass is 245 g/mol. The molecule has 0 heterocycles. The standard InChI is InChI=1S/C11H10O3S.Na/c1-8-2-3-10-7-11(15(12,13)14)5-4-9(10)6-8;/h2-7H,1H3,(H,12,13,14);. The van der Waals surface area contributed by atoms with E-state index in [1.54, 1.807) is 6.07 Å². The van der Waals surface area contributed by atoms with E-state index >= 15 is 0 Å². The molecule has 2 aromatic rings. The van der Waals surface area contributed by atoms with Crippen LogP contribution in [0.3, 0.4) is 0 Å². The molecule has 2 aromatic carbocycles. The number of aryl methyl sites for hydroxylation is 1. The summed E-state index contributed by atoms with van der Waals surface area (Å²) in [5, 5.41) is 1.76. The molecule has 0 aliphatic carbocycles. The van der Waals surface area contributed by atoms with Gasteiger partial charge in [-0.15, -0.1) is 0 Å². The average molecular weight is 245 g/mol. The fraction of sp³-hybridized carbons (Fsp3) is 0.0909. The van der Waals surface area contributed by atoms with Crippen molar-refractivity contribution in [3.05, 3.63) is 42.0 Å². The van der Waals surface area contributed by atoms with E-state index in [0.29, 0.717) is 0 Å². The molecule has 0 saturated carbocycles. The minimum atomic E-state index is -4.10. The molecule has 1 N–H and O–H groups in total. The van der Waals surface area contributed by atoms with Gasteiger partial charge in [-0.2, -0.15) is 8.42 Å². The van der Waals surface area contributed by atoms with Gasteiger partial charge in [0.2, 0.25) is 0 Å². The van der Waals surface area contributed by atoms with E-state index < -0.39 is 10.1 Å². The summed E-state index contributed by atoms with van der Waals surface area (Å²) in [6.45, 7) is 1.97. The van der Waals surface area contributed by atoms with Gasteiger partial charge >= 0.3 is 0 Å². The second-order valence-corrected chi connectivity index (χ2v) is 4.91. The average Bonchev–Trinajstić information content (AvgIpc) is 2.15. The van der Waals surface area contributed by atoms with E-state index in [1.807, 2.05) is 25.1 Å². The van der Waals surface area contributed by atoms with Crippen LogP contribution in [0, 0.1) is 6.92 Å². The first-order chi connectivity index (χ1) is 6.97. The smallest absolute Gasteiger partial charge is 0.282 e. The van der Waals surface area contributed by atoms with Gasteiger partial charge in [0.05, 0.1) is 4.90 Å². The Labute approximate surface area is 117 Å². The van der Waals surface area contributed by atoms with Crippen molar-refractivity contribution < 1.29 is 13.0 Å². The molecule has 0 aliphatic heterocycles. The first kappa shape index (κ1) is 13.7. The van der Waals surface area contributed by atoms with Gasteiger partial charge in [-0.3, -0.25) is 4.55 Å². The van der Waals surface area contributed by atoms with Crippen LogP contribution in [0.25, 0.3) is 10.8 Å². The van der Waals surface area contributed by atoms with Gasteiger partial charge in [0.15, 0.2) is 0 Å². The van der Waals surface area contributed by atoms with Crippen LogP contribution in [0.2, 0.25) is 0 Å². The van der Waals surface area contributed by atoms with Crippen molar-refractivity contribution in [2.45, 2.75) is 11.8 Å². The molecule has 0 unspecified atom stereocenters. The Hall–Kier alpha value is -0.390. The van der Waals surface area contributed by atoms with Crippen LogP contribution in [0.5, 0.6) is 0 Å². The van der Waals surface area contributed by atoms with E-state index in [-0.39, 0.29) is 34.5 Å². The van der Waals surface area contributed by atoms with E-state index in [2.05, 4.69) is 0 Å². The maximum Gasteiger partial charge on any atom is 0.294 e. The van der Waals surface area contributed by atoms with Crippen molar-refractivity contribution >= 4 is 50.4 Å². The van der Waals surface area contributed by atoms with Gasteiger partial charge < -0.3 is 0 Å². The van der Waals surface area contributed by atoms with Gasteiger partial charge in [-0.1, -0.05) is 29.8 Å². The number of hydrogen-bond acceptors (Lipinski definition) is 2. The van der Waals surface area contributed by atoms with Crippen molar-refractivity contribution in [1.82, 2.24) is 0 Å². The molecule has 0 amide bonds. The molecule has 0 aromatic heterocycles. The van der Waals surface area contributed by atoms with E-state index in [1.165, 1.54) is 12.1 Å². The third-order valence-corrected chi connectivity index (χ3v) is 3.11. The summed E-state index contributed by atoms with van der Waals surface area (Å²) < 4.78 is 30.7. The third kappa shape index (κ3) is 2.84. The molecule has 0 atom stereocenters. The molecule has 0 bridgehead atoms. The predicted octanol–water partition coefficient (Wildman–Crippen LogP) is 2.01. The van der Waals surface area contributed by atoms with E-state index in [0.717, 1.165) is 16.3 Å². The van der Waals surface area contributed by atoms with Crippen molar-refractivity contribution in [2.75, 3.05) is 0 Å². The van der Waals surface area contributed by atoms with E-state index in [9.17, 15) is 8.42 Å². The summed E-state index contributed by atoms with van der Waals surface area (Å²) in [6, 6.07) is 10.2. The molecule has 16 heavy (non-hydrogen) atoms. The van der Waals surface area contributed by atoms with Crippen LogP contribution in [0.4, 0.5) is 0 Å². The minimum absolute atomic E-state index is 0. The molecular weight excluding hydrogens is 235 g/mol. The Morgan fingerprint density at radius 1 is 1.00 bits per heavy atom. The third-order valence-electron chi connectivity index (χ3n) is 2.27. The number of rotatable bonds is 1. The van der Waals surface area contributed by atoms with Crippen molar-refractivity contribution in [2.24, 2.45) is 0 Å². The van der Waals surface area contributed by atoms with Crippen LogP contribution < -0.4 is 0 Å². The van der Waals surface area contributed by atoms with Gasteiger partial charge in [0.25, 0.3) is 10.1 Å². The quantitative estimate of drug-likeness (QED) is 0.617. The largest absolute Gasteiger partial charge is 0.294 e. The number of fused-ring (bicyclic) bond motifs is 1.